The van der Waals surface area contributed by atoms with Crippen molar-refractivity contribution in [2.75, 3.05) is 31.1 Å². The van der Waals surface area contributed by atoms with Crippen molar-refractivity contribution in [3.8, 4) is 0 Å². The molecule has 6 heteroatoms. The quantitative estimate of drug-likeness (QED) is 0.527. The van der Waals surface area contributed by atoms with E-state index < -0.39 is 6.16 Å². The Balaban J connectivity index is 1.99. The van der Waals surface area contributed by atoms with Gasteiger partial charge in [-0.15, -0.1) is 9.49 Å². The second-order valence-electron chi connectivity index (χ2n) is 3.76. The van der Waals surface area contributed by atoms with Gasteiger partial charge in [0.05, 0.1) is 5.69 Å². The van der Waals surface area contributed by atoms with Crippen LogP contribution in [-0.2, 0) is 0 Å². The van der Waals surface area contributed by atoms with Gasteiger partial charge in [-0.3, -0.25) is 0 Å². The van der Waals surface area contributed by atoms with Crippen LogP contribution in [0, 0.1) is 6.92 Å². The third-order valence-corrected chi connectivity index (χ3v) is 2.64. The Kier molecular flexibility index (Phi) is 2.98. The van der Waals surface area contributed by atoms with Gasteiger partial charge in [-0.1, -0.05) is 0 Å². The standard InChI is InChI=1S/C10H13FN4O/c1-8-2-3-9(13-12-8)14-4-6-15(7-5-14)10(11)16/h2-3H,4-7H2,1H3. The third kappa shape index (κ3) is 2.26. The number of aromatic nitrogens is 2. The summed E-state index contributed by atoms with van der Waals surface area (Å²) in [5.74, 6) is 0.775. The molecular weight excluding hydrogens is 211 g/mol. The van der Waals surface area contributed by atoms with Gasteiger partial charge in [-0.05, 0) is 19.1 Å². The highest BCUT2D eigenvalue weighted by atomic mass is 19.1. The second-order valence-corrected chi connectivity index (χ2v) is 3.76. The van der Waals surface area contributed by atoms with Gasteiger partial charge in [0.15, 0.2) is 5.82 Å². The van der Waals surface area contributed by atoms with Gasteiger partial charge in [0, 0.05) is 26.2 Å². The number of amides is 1. The zero-order chi connectivity index (χ0) is 11.5. The lowest BCUT2D eigenvalue weighted by Gasteiger charge is -2.33. The van der Waals surface area contributed by atoms with E-state index in [2.05, 4.69) is 10.2 Å². The summed E-state index contributed by atoms with van der Waals surface area (Å²) in [6.07, 6.45) is -1.35. The molecule has 16 heavy (non-hydrogen) atoms. The molecule has 2 heterocycles. The van der Waals surface area contributed by atoms with E-state index in [-0.39, 0.29) is 0 Å². The average Bonchev–Trinajstić information content (AvgIpc) is 2.30. The number of hydrogen-bond acceptors (Lipinski definition) is 4. The van der Waals surface area contributed by atoms with Crippen molar-refractivity contribution in [2.24, 2.45) is 0 Å². The first-order chi connectivity index (χ1) is 7.66. The number of rotatable bonds is 1. The van der Waals surface area contributed by atoms with E-state index in [1.165, 1.54) is 4.90 Å². The molecule has 0 N–H and O–H groups in total. The summed E-state index contributed by atoms with van der Waals surface area (Å²) in [4.78, 5) is 13.7. The fourth-order valence-electron chi connectivity index (χ4n) is 1.67. The largest absolute Gasteiger partial charge is 0.400 e. The predicted octanol–water partition coefficient (Wildman–Crippen LogP) is 0.997. The van der Waals surface area contributed by atoms with Crippen molar-refractivity contribution in [3.63, 3.8) is 0 Å². The van der Waals surface area contributed by atoms with Crippen LogP contribution < -0.4 is 4.90 Å². The fourth-order valence-corrected chi connectivity index (χ4v) is 1.67. The number of nitrogens with zero attached hydrogens (tertiary/aromatic N) is 4. The Hall–Kier alpha value is -1.72. The summed E-state index contributed by atoms with van der Waals surface area (Å²) in [6, 6.07) is 3.77. The van der Waals surface area contributed by atoms with Crippen molar-refractivity contribution in [3.05, 3.63) is 17.8 Å². The minimum atomic E-state index is -1.35. The first-order valence-electron chi connectivity index (χ1n) is 5.16. The second kappa shape index (κ2) is 4.42. The monoisotopic (exact) mass is 224 g/mol. The van der Waals surface area contributed by atoms with Crippen LogP contribution in [0.4, 0.5) is 15.0 Å². The lowest BCUT2D eigenvalue weighted by Crippen LogP contribution is -2.47. The van der Waals surface area contributed by atoms with Crippen molar-refractivity contribution in [1.82, 2.24) is 15.1 Å². The molecule has 0 aliphatic carbocycles. The molecule has 1 aromatic heterocycles. The molecule has 1 aromatic rings. The minimum absolute atomic E-state index is 0.394. The molecule has 0 saturated carbocycles. The highest BCUT2D eigenvalue weighted by Gasteiger charge is 2.21. The van der Waals surface area contributed by atoms with Gasteiger partial charge in [0.25, 0.3) is 0 Å². The van der Waals surface area contributed by atoms with Gasteiger partial charge >= 0.3 is 6.16 Å². The molecule has 0 unspecified atom stereocenters. The van der Waals surface area contributed by atoms with Gasteiger partial charge in [0.1, 0.15) is 0 Å². The molecule has 0 spiro atoms. The van der Waals surface area contributed by atoms with Crippen LogP contribution in [0.5, 0.6) is 0 Å². The third-order valence-electron chi connectivity index (χ3n) is 2.64. The number of carbonyl (C=O) groups excluding carboxylic acids is 1. The van der Waals surface area contributed by atoms with Crippen LogP contribution in [0.1, 0.15) is 5.69 Å². The van der Waals surface area contributed by atoms with Gasteiger partial charge in [0.2, 0.25) is 0 Å². The minimum Gasteiger partial charge on any atom is -0.352 e. The van der Waals surface area contributed by atoms with Crippen LogP contribution >= 0.6 is 0 Å². The van der Waals surface area contributed by atoms with Crippen LogP contribution in [0.2, 0.25) is 0 Å². The van der Waals surface area contributed by atoms with Crippen molar-refractivity contribution in [2.45, 2.75) is 6.92 Å². The van der Waals surface area contributed by atoms with Crippen molar-refractivity contribution >= 4 is 12.0 Å². The van der Waals surface area contributed by atoms with Crippen LogP contribution in [0.15, 0.2) is 12.1 Å². The van der Waals surface area contributed by atoms with E-state index in [4.69, 9.17) is 0 Å². The lowest BCUT2D eigenvalue weighted by atomic mass is 10.3. The molecule has 1 fully saturated rings. The first kappa shape index (κ1) is 10.8. The number of halogens is 1. The Morgan fingerprint density at radius 3 is 2.44 bits per heavy atom. The molecule has 86 valence electrons. The Bertz CT molecular complexity index is 373. The number of carbonyl (C=O) groups is 1. The molecular formula is C10H13FN4O. The fraction of sp³-hybridized carbons (Fsp3) is 0.500. The maximum atomic E-state index is 12.4. The highest BCUT2D eigenvalue weighted by Crippen LogP contribution is 2.12. The molecule has 0 aromatic carbocycles. The maximum Gasteiger partial charge on any atom is 0.400 e. The lowest BCUT2D eigenvalue weighted by molar-refractivity contribution is 0.171. The number of anilines is 1. The van der Waals surface area contributed by atoms with E-state index >= 15 is 0 Å². The molecule has 2 rings (SSSR count). The summed E-state index contributed by atoms with van der Waals surface area (Å²) in [5.41, 5.74) is 0.862. The van der Waals surface area contributed by atoms with E-state index in [0.29, 0.717) is 26.2 Å². The summed E-state index contributed by atoms with van der Waals surface area (Å²) in [6.45, 7) is 3.84. The van der Waals surface area contributed by atoms with Crippen LogP contribution in [-0.4, -0.2) is 47.4 Å². The molecule has 1 amide bonds. The molecule has 1 aliphatic heterocycles. The van der Waals surface area contributed by atoms with E-state index in [1.807, 2.05) is 24.0 Å². The van der Waals surface area contributed by atoms with Gasteiger partial charge in [-0.25, -0.2) is 4.79 Å². The van der Waals surface area contributed by atoms with E-state index in [9.17, 15) is 9.18 Å². The van der Waals surface area contributed by atoms with E-state index in [0.717, 1.165) is 11.5 Å². The van der Waals surface area contributed by atoms with Crippen molar-refractivity contribution < 1.29 is 9.18 Å². The number of hydrogen-bond donors (Lipinski definition) is 0. The Labute approximate surface area is 92.9 Å². The first-order valence-corrected chi connectivity index (χ1v) is 5.16. The van der Waals surface area contributed by atoms with Crippen LogP contribution in [0.3, 0.4) is 0 Å². The molecule has 1 aliphatic rings. The Morgan fingerprint density at radius 2 is 1.94 bits per heavy atom. The predicted molar refractivity (Wildman–Crippen MR) is 57.1 cm³/mol. The van der Waals surface area contributed by atoms with E-state index in [1.54, 1.807) is 0 Å². The highest BCUT2D eigenvalue weighted by molar-refractivity contribution is 5.66. The zero-order valence-electron chi connectivity index (χ0n) is 9.06. The molecule has 0 bridgehead atoms. The normalized spacial score (nSPS) is 16.4. The van der Waals surface area contributed by atoms with Gasteiger partial charge < -0.3 is 9.80 Å². The molecule has 0 atom stereocenters. The summed E-state index contributed by atoms with van der Waals surface area (Å²) >= 11 is 0. The maximum absolute atomic E-state index is 12.4. The smallest absolute Gasteiger partial charge is 0.352 e. The van der Waals surface area contributed by atoms with Crippen molar-refractivity contribution in [1.29, 1.82) is 0 Å². The summed E-state index contributed by atoms with van der Waals surface area (Å²) in [5, 5.41) is 8.01. The number of aryl methyl sites for hydroxylation is 1. The molecule has 0 radical (unpaired) electrons. The molecule has 5 nitrogen and oxygen atoms in total. The molecule has 1 saturated heterocycles. The average molecular weight is 224 g/mol. The zero-order valence-corrected chi connectivity index (χ0v) is 9.06. The summed E-state index contributed by atoms with van der Waals surface area (Å²) < 4.78 is 12.4. The topological polar surface area (TPSA) is 49.3 Å². The number of piperazine rings is 1. The van der Waals surface area contributed by atoms with Crippen LogP contribution in [0.25, 0.3) is 0 Å². The SMILES string of the molecule is Cc1ccc(N2CCN(C(=O)F)CC2)nn1. The summed E-state index contributed by atoms with van der Waals surface area (Å²) in [7, 11) is 0. The Morgan fingerprint density at radius 1 is 1.25 bits per heavy atom. The van der Waals surface area contributed by atoms with Gasteiger partial charge in [-0.2, -0.15) is 5.10 Å².